The number of rotatable bonds is 5. The van der Waals surface area contributed by atoms with Gasteiger partial charge in [0, 0.05) is 32.2 Å². The topological polar surface area (TPSA) is 75.1 Å². The lowest BCUT2D eigenvalue weighted by atomic mass is 10.2. The molecule has 2 saturated heterocycles. The number of hydrazone groups is 1. The number of aromatic nitrogens is 2. The minimum atomic E-state index is -0.272. The van der Waals surface area contributed by atoms with Crippen LogP contribution in [0.25, 0.3) is 0 Å². The number of ether oxygens (including phenoxy) is 2. The van der Waals surface area contributed by atoms with Crippen molar-refractivity contribution in [1.29, 1.82) is 0 Å². The summed E-state index contributed by atoms with van der Waals surface area (Å²) in [5, 5.41) is 4.24. The molecule has 2 aliphatic rings. The van der Waals surface area contributed by atoms with Crippen LogP contribution >= 0.6 is 0 Å². The highest BCUT2D eigenvalue weighted by Crippen LogP contribution is 2.22. The molecule has 0 aliphatic carbocycles. The van der Waals surface area contributed by atoms with E-state index in [1.165, 1.54) is 12.1 Å². The lowest BCUT2D eigenvalue weighted by Gasteiger charge is -2.31. The van der Waals surface area contributed by atoms with Gasteiger partial charge < -0.3 is 19.3 Å². The summed E-state index contributed by atoms with van der Waals surface area (Å²) in [7, 11) is 0. The zero-order valence-corrected chi connectivity index (χ0v) is 15.6. The zero-order valence-electron chi connectivity index (χ0n) is 15.6. The predicted octanol–water partition coefficient (Wildman–Crippen LogP) is 1.73. The van der Waals surface area contributed by atoms with Crippen LogP contribution in [0.4, 0.5) is 22.0 Å². The number of anilines is 3. The molecule has 0 bridgehead atoms. The largest absolute Gasteiger partial charge is 0.378 e. The lowest BCUT2D eigenvalue weighted by molar-refractivity contribution is 0.121. The zero-order chi connectivity index (χ0) is 19.2. The first-order chi connectivity index (χ1) is 13.8. The Morgan fingerprint density at radius 3 is 2.25 bits per heavy atom. The number of hydrogen-bond acceptors (Lipinski definition) is 8. The standard InChI is InChI=1S/C19H23FN6O2/c20-16-3-1-15(2-4-16)14-21-24-17-13-18(25-5-9-27-10-6-25)23-19(22-17)26-7-11-28-12-8-26/h1-4,13-14H,5-12H2,(H,22,23,24)/b21-14+. The molecule has 148 valence electrons. The molecule has 9 heteroatoms. The molecule has 0 radical (unpaired) electrons. The average molecular weight is 386 g/mol. The van der Waals surface area contributed by atoms with E-state index >= 15 is 0 Å². The van der Waals surface area contributed by atoms with E-state index in [2.05, 4.69) is 25.3 Å². The first-order valence-electron chi connectivity index (χ1n) is 9.37. The molecule has 4 rings (SSSR count). The van der Waals surface area contributed by atoms with Crippen LogP contribution in [0.2, 0.25) is 0 Å². The minimum absolute atomic E-state index is 0.272. The molecular weight excluding hydrogens is 363 g/mol. The summed E-state index contributed by atoms with van der Waals surface area (Å²) in [5.41, 5.74) is 3.77. The van der Waals surface area contributed by atoms with Gasteiger partial charge in [-0.25, -0.2) is 4.39 Å². The number of benzene rings is 1. The van der Waals surface area contributed by atoms with E-state index in [0.29, 0.717) is 38.2 Å². The van der Waals surface area contributed by atoms with Gasteiger partial charge in [-0.1, -0.05) is 12.1 Å². The number of halogens is 1. The highest BCUT2D eigenvalue weighted by molar-refractivity contribution is 5.80. The quantitative estimate of drug-likeness (QED) is 0.620. The molecule has 28 heavy (non-hydrogen) atoms. The number of hydrogen-bond donors (Lipinski definition) is 1. The van der Waals surface area contributed by atoms with Crippen molar-refractivity contribution in [2.75, 3.05) is 67.8 Å². The highest BCUT2D eigenvalue weighted by Gasteiger charge is 2.19. The van der Waals surface area contributed by atoms with Gasteiger partial charge in [0.05, 0.1) is 32.6 Å². The first-order valence-corrected chi connectivity index (χ1v) is 9.37. The van der Waals surface area contributed by atoms with Crippen molar-refractivity contribution in [1.82, 2.24) is 9.97 Å². The fraction of sp³-hybridized carbons (Fsp3) is 0.421. The molecule has 2 aliphatic heterocycles. The second-order valence-corrected chi connectivity index (χ2v) is 6.53. The minimum Gasteiger partial charge on any atom is -0.378 e. The Morgan fingerprint density at radius 1 is 0.929 bits per heavy atom. The molecule has 1 N–H and O–H groups in total. The van der Waals surface area contributed by atoms with Crippen molar-refractivity contribution in [3.63, 3.8) is 0 Å². The maximum atomic E-state index is 13.0. The van der Waals surface area contributed by atoms with Gasteiger partial charge in [0.25, 0.3) is 0 Å². The molecule has 1 aromatic carbocycles. The second-order valence-electron chi connectivity index (χ2n) is 6.53. The third kappa shape index (κ3) is 4.73. The molecule has 2 aromatic rings. The van der Waals surface area contributed by atoms with Crippen molar-refractivity contribution in [2.45, 2.75) is 0 Å². The van der Waals surface area contributed by atoms with Crippen molar-refractivity contribution < 1.29 is 13.9 Å². The van der Waals surface area contributed by atoms with Crippen molar-refractivity contribution in [3.8, 4) is 0 Å². The summed E-state index contributed by atoms with van der Waals surface area (Å²) in [5.74, 6) is 1.84. The van der Waals surface area contributed by atoms with Gasteiger partial charge in [-0.05, 0) is 17.7 Å². The van der Waals surface area contributed by atoms with E-state index in [1.54, 1.807) is 18.3 Å². The molecule has 8 nitrogen and oxygen atoms in total. The molecule has 0 amide bonds. The van der Waals surface area contributed by atoms with E-state index < -0.39 is 0 Å². The van der Waals surface area contributed by atoms with E-state index in [-0.39, 0.29) is 5.82 Å². The summed E-state index contributed by atoms with van der Waals surface area (Å²) in [6.07, 6.45) is 1.63. The van der Waals surface area contributed by atoms with Gasteiger partial charge in [-0.15, -0.1) is 0 Å². The van der Waals surface area contributed by atoms with Crippen LogP contribution < -0.4 is 15.2 Å². The van der Waals surface area contributed by atoms with E-state index in [9.17, 15) is 4.39 Å². The fourth-order valence-electron chi connectivity index (χ4n) is 3.06. The van der Waals surface area contributed by atoms with Gasteiger partial charge >= 0.3 is 0 Å². The maximum Gasteiger partial charge on any atom is 0.229 e. The Hall–Kier alpha value is -2.78. The summed E-state index contributed by atoms with van der Waals surface area (Å²) >= 11 is 0. The SMILES string of the molecule is Fc1ccc(/C=N/Nc2cc(N3CCOCC3)nc(N3CCOCC3)n2)cc1. The summed E-state index contributed by atoms with van der Waals surface area (Å²) in [6.45, 7) is 5.78. The van der Waals surface area contributed by atoms with Gasteiger partial charge in [0.2, 0.25) is 5.95 Å². The highest BCUT2D eigenvalue weighted by atomic mass is 19.1. The molecule has 0 unspecified atom stereocenters. The number of nitrogens with zero attached hydrogens (tertiary/aromatic N) is 5. The molecule has 3 heterocycles. The van der Waals surface area contributed by atoms with Crippen molar-refractivity contribution in [3.05, 3.63) is 41.7 Å². The Labute approximate surface area is 163 Å². The molecular formula is C19H23FN6O2. The Kier molecular flexibility index (Phi) is 5.93. The Bertz CT molecular complexity index is 768. The van der Waals surface area contributed by atoms with Crippen LogP contribution in [0.1, 0.15) is 5.56 Å². The normalized spacial score (nSPS) is 17.9. The van der Waals surface area contributed by atoms with Gasteiger partial charge in [0.1, 0.15) is 11.6 Å². The molecule has 2 fully saturated rings. The smallest absolute Gasteiger partial charge is 0.229 e. The van der Waals surface area contributed by atoms with Crippen LogP contribution in [-0.2, 0) is 9.47 Å². The van der Waals surface area contributed by atoms with Gasteiger partial charge in [0.15, 0.2) is 5.82 Å². The Balaban J connectivity index is 1.54. The molecule has 0 saturated carbocycles. The lowest BCUT2D eigenvalue weighted by Crippen LogP contribution is -2.39. The van der Waals surface area contributed by atoms with Crippen molar-refractivity contribution >= 4 is 23.8 Å². The molecule has 0 spiro atoms. The van der Waals surface area contributed by atoms with Crippen LogP contribution in [0.5, 0.6) is 0 Å². The van der Waals surface area contributed by atoms with Crippen LogP contribution in [0, 0.1) is 5.82 Å². The Morgan fingerprint density at radius 2 is 1.57 bits per heavy atom. The monoisotopic (exact) mass is 386 g/mol. The summed E-state index contributed by atoms with van der Waals surface area (Å²) in [6, 6.07) is 8.02. The number of nitrogens with one attached hydrogen (secondary N) is 1. The van der Waals surface area contributed by atoms with E-state index in [0.717, 1.165) is 37.6 Å². The van der Waals surface area contributed by atoms with Crippen LogP contribution in [0.3, 0.4) is 0 Å². The van der Waals surface area contributed by atoms with Gasteiger partial charge in [-0.2, -0.15) is 15.1 Å². The third-order valence-corrected chi connectivity index (χ3v) is 4.59. The van der Waals surface area contributed by atoms with Crippen LogP contribution in [-0.4, -0.2) is 68.8 Å². The number of morpholine rings is 2. The first kappa shape index (κ1) is 18.6. The average Bonchev–Trinajstić information content (AvgIpc) is 2.76. The summed E-state index contributed by atoms with van der Waals surface area (Å²) < 4.78 is 23.9. The maximum absolute atomic E-state index is 13.0. The second kappa shape index (κ2) is 8.94. The van der Waals surface area contributed by atoms with Crippen LogP contribution in [0.15, 0.2) is 35.4 Å². The van der Waals surface area contributed by atoms with Gasteiger partial charge in [-0.3, -0.25) is 5.43 Å². The molecule has 0 atom stereocenters. The third-order valence-electron chi connectivity index (χ3n) is 4.59. The van der Waals surface area contributed by atoms with Crippen molar-refractivity contribution in [2.24, 2.45) is 5.10 Å². The predicted molar refractivity (Wildman–Crippen MR) is 106 cm³/mol. The van der Waals surface area contributed by atoms with E-state index in [4.69, 9.17) is 14.5 Å². The molecule has 1 aromatic heterocycles. The fourth-order valence-corrected chi connectivity index (χ4v) is 3.06. The van der Waals surface area contributed by atoms with E-state index in [1.807, 2.05) is 6.07 Å². The summed E-state index contributed by atoms with van der Waals surface area (Å²) in [4.78, 5) is 13.7.